The van der Waals surface area contributed by atoms with Crippen molar-refractivity contribution in [1.82, 2.24) is 4.90 Å². The van der Waals surface area contributed by atoms with Crippen LogP contribution in [0.5, 0.6) is 0 Å². The van der Waals surface area contributed by atoms with Crippen molar-refractivity contribution in [1.29, 1.82) is 0 Å². The molecule has 2 fully saturated rings. The third kappa shape index (κ3) is 2.73. The minimum absolute atomic E-state index is 1.04. The molecule has 1 heteroatoms. The summed E-state index contributed by atoms with van der Waals surface area (Å²) in [4.78, 5) is 2.52. The zero-order valence-corrected chi connectivity index (χ0v) is 9.67. The van der Waals surface area contributed by atoms with Gasteiger partial charge in [0, 0.05) is 6.54 Å². The second kappa shape index (κ2) is 5.16. The fourth-order valence-corrected chi connectivity index (χ4v) is 3.31. The molecule has 2 aliphatic rings. The first kappa shape index (κ1) is 10.5. The summed E-state index contributed by atoms with van der Waals surface area (Å²) in [5.41, 5.74) is 0. The Morgan fingerprint density at radius 3 is 2.00 bits per heavy atom. The lowest BCUT2D eigenvalue weighted by Gasteiger charge is -2.25. The van der Waals surface area contributed by atoms with Gasteiger partial charge in [-0.1, -0.05) is 44.9 Å². The Bertz CT molecular complexity index is 159. The zero-order valence-electron chi connectivity index (χ0n) is 9.67. The van der Waals surface area contributed by atoms with E-state index in [1.807, 2.05) is 0 Å². The first-order valence-electron chi connectivity index (χ1n) is 6.55. The Hall–Kier alpha value is -0.0400. The molecule has 1 aliphatic heterocycles. The molecule has 1 heterocycles. The molecule has 2 rings (SSSR count). The molecule has 0 bridgehead atoms. The van der Waals surface area contributed by atoms with Gasteiger partial charge < -0.3 is 4.90 Å². The number of hydrogen-bond donors (Lipinski definition) is 0. The summed E-state index contributed by atoms with van der Waals surface area (Å²) in [6.07, 6.45) is 12.0. The smallest absolute Gasteiger partial charge is 0.000973 e. The van der Waals surface area contributed by atoms with E-state index in [9.17, 15) is 0 Å². The molecule has 0 aromatic rings. The van der Waals surface area contributed by atoms with Crippen LogP contribution in [0.25, 0.3) is 0 Å². The summed E-state index contributed by atoms with van der Waals surface area (Å²) in [5.74, 6) is 2.11. The van der Waals surface area contributed by atoms with Crippen molar-refractivity contribution in [3.8, 4) is 0 Å². The third-order valence-corrected chi connectivity index (χ3v) is 4.24. The monoisotopic (exact) mass is 195 g/mol. The van der Waals surface area contributed by atoms with Gasteiger partial charge in [0.1, 0.15) is 0 Å². The number of hydrogen-bond acceptors (Lipinski definition) is 1. The summed E-state index contributed by atoms with van der Waals surface area (Å²) in [7, 11) is 2.28. The van der Waals surface area contributed by atoms with Crippen molar-refractivity contribution in [2.24, 2.45) is 11.8 Å². The molecule has 1 unspecified atom stereocenters. The van der Waals surface area contributed by atoms with Crippen LogP contribution in [0.15, 0.2) is 0 Å². The quantitative estimate of drug-likeness (QED) is 0.620. The van der Waals surface area contributed by atoms with Crippen LogP contribution in [0.2, 0.25) is 0 Å². The molecule has 0 N–H and O–H groups in total. The molecular weight excluding hydrogens is 170 g/mol. The average Bonchev–Trinajstić information content (AvgIpc) is 2.51. The summed E-state index contributed by atoms with van der Waals surface area (Å²) < 4.78 is 0. The molecule has 1 saturated carbocycles. The van der Waals surface area contributed by atoms with Gasteiger partial charge in [-0.05, 0) is 31.8 Å². The van der Waals surface area contributed by atoms with Crippen molar-refractivity contribution < 1.29 is 0 Å². The number of nitrogens with zero attached hydrogens (tertiary/aromatic N) is 1. The van der Waals surface area contributed by atoms with E-state index < -0.39 is 0 Å². The van der Waals surface area contributed by atoms with Crippen LogP contribution in [-0.4, -0.2) is 25.0 Å². The average molecular weight is 195 g/mol. The summed E-state index contributed by atoms with van der Waals surface area (Å²) >= 11 is 0. The summed E-state index contributed by atoms with van der Waals surface area (Å²) in [6, 6.07) is 0. The minimum atomic E-state index is 1.04. The van der Waals surface area contributed by atoms with Crippen LogP contribution in [0.4, 0.5) is 0 Å². The lowest BCUT2D eigenvalue weighted by molar-refractivity contribution is 0.263. The van der Waals surface area contributed by atoms with Gasteiger partial charge in [0.25, 0.3) is 0 Å². The highest BCUT2D eigenvalue weighted by Crippen LogP contribution is 2.33. The van der Waals surface area contributed by atoms with E-state index >= 15 is 0 Å². The Balaban J connectivity index is 1.81. The lowest BCUT2D eigenvalue weighted by Crippen LogP contribution is -2.20. The van der Waals surface area contributed by atoms with Crippen LogP contribution >= 0.6 is 0 Å². The van der Waals surface area contributed by atoms with Crippen molar-refractivity contribution in [2.45, 2.75) is 51.4 Å². The standard InChI is InChI=1S/C13H25N/c1-14-10-9-13(11-14)12-7-5-3-2-4-6-8-12/h12-13H,2-11H2,1H3. The van der Waals surface area contributed by atoms with Crippen molar-refractivity contribution in [3.05, 3.63) is 0 Å². The van der Waals surface area contributed by atoms with E-state index in [1.54, 1.807) is 0 Å². The molecule has 14 heavy (non-hydrogen) atoms. The molecule has 1 aliphatic carbocycles. The van der Waals surface area contributed by atoms with Gasteiger partial charge in [-0.2, -0.15) is 0 Å². The zero-order chi connectivity index (χ0) is 9.80. The van der Waals surface area contributed by atoms with Crippen LogP contribution in [-0.2, 0) is 0 Å². The van der Waals surface area contributed by atoms with Crippen molar-refractivity contribution >= 4 is 0 Å². The Kier molecular flexibility index (Phi) is 3.86. The highest BCUT2D eigenvalue weighted by atomic mass is 15.1. The molecular formula is C13H25N. The van der Waals surface area contributed by atoms with Crippen LogP contribution < -0.4 is 0 Å². The molecule has 0 spiro atoms. The number of rotatable bonds is 1. The molecule has 1 atom stereocenters. The molecule has 0 aromatic heterocycles. The molecule has 1 nitrogen and oxygen atoms in total. The second-order valence-corrected chi connectivity index (χ2v) is 5.42. The highest BCUT2D eigenvalue weighted by molar-refractivity contribution is 4.80. The van der Waals surface area contributed by atoms with Gasteiger partial charge in [0.05, 0.1) is 0 Å². The van der Waals surface area contributed by atoms with E-state index in [1.165, 1.54) is 64.5 Å². The fourth-order valence-electron chi connectivity index (χ4n) is 3.31. The van der Waals surface area contributed by atoms with Gasteiger partial charge in [-0.15, -0.1) is 0 Å². The largest absolute Gasteiger partial charge is 0.306 e. The SMILES string of the molecule is CN1CCC(C2CCCCCCC2)C1. The molecule has 0 aromatic carbocycles. The Labute approximate surface area is 88.9 Å². The Morgan fingerprint density at radius 1 is 0.786 bits per heavy atom. The van der Waals surface area contributed by atoms with E-state index in [2.05, 4.69) is 11.9 Å². The van der Waals surface area contributed by atoms with Gasteiger partial charge in [0.2, 0.25) is 0 Å². The lowest BCUT2D eigenvalue weighted by atomic mass is 9.81. The maximum atomic E-state index is 2.52. The van der Waals surface area contributed by atoms with E-state index in [4.69, 9.17) is 0 Å². The van der Waals surface area contributed by atoms with Crippen LogP contribution in [0.1, 0.15) is 51.4 Å². The van der Waals surface area contributed by atoms with Crippen LogP contribution in [0, 0.1) is 11.8 Å². The summed E-state index contributed by atoms with van der Waals surface area (Å²) in [5, 5.41) is 0. The maximum Gasteiger partial charge on any atom is 0.000973 e. The van der Waals surface area contributed by atoms with Gasteiger partial charge in [-0.3, -0.25) is 0 Å². The van der Waals surface area contributed by atoms with Crippen LogP contribution in [0.3, 0.4) is 0 Å². The maximum absolute atomic E-state index is 2.52. The van der Waals surface area contributed by atoms with Crippen molar-refractivity contribution in [3.63, 3.8) is 0 Å². The van der Waals surface area contributed by atoms with Gasteiger partial charge in [0.15, 0.2) is 0 Å². The third-order valence-electron chi connectivity index (χ3n) is 4.24. The molecule has 82 valence electrons. The van der Waals surface area contributed by atoms with E-state index in [0.717, 1.165) is 11.8 Å². The van der Waals surface area contributed by atoms with E-state index in [0.29, 0.717) is 0 Å². The highest BCUT2D eigenvalue weighted by Gasteiger charge is 2.27. The minimum Gasteiger partial charge on any atom is -0.306 e. The summed E-state index contributed by atoms with van der Waals surface area (Å²) in [6.45, 7) is 2.73. The molecule has 1 saturated heterocycles. The number of likely N-dealkylation sites (tertiary alicyclic amines) is 1. The topological polar surface area (TPSA) is 3.24 Å². The second-order valence-electron chi connectivity index (χ2n) is 5.42. The molecule has 0 amide bonds. The van der Waals surface area contributed by atoms with E-state index in [-0.39, 0.29) is 0 Å². The Morgan fingerprint density at radius 2 is 1.43 bits per heavy atom. The predicted molar refractivity (Wildman–Crippen MR) is 61.4 cm³/mol. The predicted octanol–water partition coefficient (Wildman–Crippen LogP) is 3.30. The normalized spacial score (nSPS) is 32.8. The fraction of sp³-hybridized carbons (Fsp3) is 1.00. The first-order chi connectivity index (χ1) is 6.86. The van der Waals surface area contributed by atoms with Gasteiger partial charge >= 0.3 is 0 Å². The van der Waals surface area contributed by atoms with Crippen molar-refractivity contribution in [2.75, 3.05) is 20.1 Å². The molecule has 0 radical (unpaired) electrons. The first-order valence-corrected chi connectivity index (χ1v) is 6.55. The van der Waals surface area contributed by atoms with Gasteiger partial charge in [-0.25, -0.2) is 0 Å².